The Morgan fingerprint density at radius 2 is 1.67 bits per heavy atom. The molecule has 0 aliphatic rings. The third kappa shape index (κ3) is 2.75. The van der Waals surface area contributed by atoms with Gasteiger partial charge in [0.25, 0.3) is 0 Å². The molecule has 0 aliphatic heterocycles. The monoisotopic (exact) mass is 236 g/mol. The molecular formula is C17H16O. The van der Waals surface area contributed by atoms with Crippen molar-refractivity contribution >= 4 is 11.9 Å². The van der Waals surface area contributed by atoms with Crippen LogP contribution in [0.15, 0.2) is 54.6 Å². The maximum Gasteiger partial charge on any atom is 0.186 e. The van der Waals surface area contributed by atoms with Crippen molar-refractivity contribution in [3.05, 3.63) is 76.9 Å². The summed E-state index contributed by atoms with van der Waals surface area (Å²) in [5, 5.41) is 0. The molecule has 0 radical (unpaired) electrons. The molecule has 18 heavy (non-hydrogen) atoms. The summed E-state index contributed by atoms with van der Waals surface area (Å²) < 4.78 is 0. The van der Waals surface area contributed by atoms with Gasteiger partial charge in [-0.1, -0.05) is 54.6 Å². The van der Waals surface area contributed by atoms with E-state index in [1.54, 1.807) is 6.08 Å². The Labute approximate surface area is 108 Å². The highest BCUT2D eigenvalue weighted by atomic mass is 16.1. The highest BCUT2D eigenvalue weighted by molar-refractivity contribution is 6.07. The van der Waals surface area contributed by atoms with Crippen molar-refractivity contribution in [3.63, 3.8) is 0 Å². The summed E-state index contributed by atoms with van der Waals surface area (Å²) in [6, 6.07) is 15.7. The minimum atomic E-state index is 0.0556. The van der Waals surface area contributed by atoms with E-state index in [-0.39, 0.29) is 5.78 Å². The number of carbonyl (C=O) groups excluding carboxylic acids is 1. The number of allylic oxidation sites excluding steroid dienone is 1. The zero-order chi connectivity index (χ0) is 13.0. The van der Waals surface area contributed by atoms with Crippen LogP contribution >= 0.6 is 0 Å². The van der Waals surface area contributed by atoms with E-state index in [2.05, 4.69) is 0 Å². The van der Waals surface area contributed by atoms with Crippen molar-refractivity contribution in [3.8, 4) is 0 Å². The molecule has 0 aliphatic carbocycles. The minimum Gasteiger partial charge on any atom is -0.289 e. The molecule has 0 N–H and O–H groups in total. The summed E-state index contributed by atoms with van der Waals surface area (Å²) in [5.74, 6) is 0.0556. The average molecular weight is 236 g/mol. The van der Waals surface area contributed by atoms with E-state index >= 15 is 0 Å². The van der Waals surface area contributed by atoms with Gasteiger partial charge < -0.3 is 0 Å². The molecule has 90 valence electrons. The summed E-state index contributed by atoms with van der Waals surface area (Å²) in [4.78, 5) is 12.1. The van der Waals surface area contributed by atoms with Crippen LogP contribution in [0.2, 0.25) is 0 Å². The molecule has 0 aromatic heterocycles. The Balaban J connectivity index is 2.23. The van der Waals surface area contributed by atoms with E-state index in [1.165, 1.54) is 0 Å². The zero-order valence-corrected chi connectivity index (χ0v) is 10.7. The standard InChI is InChI=1S/C17H16O/c1-13-7-6-10-16(14(13)2)17(18)12-11-15-8-4-3-5-9-15/h3-12H,1-2H3/b12-11+. The van der Waals surface area contributed by atoms with Gasteiger partial charge in [-0.3, -0.25) is 4.79 Å². The molecule has 0 heterocycles. The Morgan fingerprint density at radius 3 is 2.39 bits per heavy atom. The van der Waals surface area contributed by atoms with Gasteiger partial charge >= 0.3 is 0 Å². The summed E-state index contributed by atoms with van der Waals surface area (Å²) in [5.41, 5.74) is 4.02. The van der Waals surface area contributed by atoms with Gasteiger partial charge in [0.15, 0.2) is 5.78 Å². The van der Waals surface area contributed by atoms with E-state index in [4.69, 9.17) is 0 Å². The molecule has 0 amide bonds. The smallest absolute Gasteiger partial charge is 0.186 e. The van der Waals surface area contributed by atoms with Gasteiger partial charge in [-0.05, 0) is 36.6 Å². The van der Waals surface area contributed by atoms with E-state index in [0.717, 1.165) is 22.3 Å². The molecule has 0 bridgehead atoms. The highest BCUT2D eigenvalue weighted by Crippen LogP contribution is 2.14. The lowest BCUT2D eigenvalue weighted by atomic mass is 9.99. The second-order valence-corrected chi connectivity index (χ2v) is 4.36. The van der Waals surface area contributed by atoms with Crippen molar-refractivity contribution in [2.75, 3.05) is 0 Å². The van der Waals surface area contributed by atoms with E-state index in [0.29, 0.717) is 0 Å². The summed E-state index contributed by atoms with van der Waals surface area (Å²) in [7, 11) is 0. The minimum absolute atomic E-state index is 0.0556. The topological polar surface area (TPSA) is 17.1 Å². The summed E-state index contributed by atoms with van der Waals surface area (Å²) in [6.45, 7) is 4.01. The predicted octanol–water partition coefficient (Wildman–Crippen LogP) is 4.20. The molecule has 0 saturated heterocycles. The maximum absolute atomic E-state index is 12.1. The molecule has 0 fully saturated rings. The van der Waals surface area contributed by atoms with Crippen molar-refractivity contribution in [2.24, 2.45) is 0 Å². The lowest BCUT2D eigenvalue weighted by Gasteiger charge is -2.04. The first-order valence-electron chi connectivity index (χ1n) is 6.02. The van der Waals surface area contributed by atoms with Gasteiger partial charge in [0.05, 0.1) is 0 Å². The van der Waals surface area contributed by atoms with Crippen LogP contribution in [0.25, 0.3) is 6.08 Å². The Bertz CT molecular complexity index is 580. The second kappa shape index (κ2) is 5.46. The molecule has 0 unspecified atom stereocenters. The van der Waals surface area contributed by atoms with Crippen molar-refractivity contribution in [1.29, 1.82) is 0 Å². The number of ketones is 1. The van der Waals surface area contributed by atoms with Crippen LogP contribution in [0.4, 0.5) is 0 Å². The van der Waals surface area contributed by atoms with Gasteiger partial charge in [-0.2, -0.15) is 0 Å². The molecule has 2 aromatic rings. The van der Waals surface area contributed by atoms with Gasteiger partial charge in [-0.25, -0.2) is 0 Å². The van der Waals surface area contributed by atoms with Crippen LogP contribution < -0.4 is 0 Å². The molecule has 2 aromatic carbocycles. The SMILES string of the molecule is Cc1cccc(C(=O)/C=C/c2ccccc2)c1C. The highest BCUT2D eigenvalue weighted by Gasteiger charge is 2.06. The van der Waals surface area contributed by atoms with Crippen LogP contribution in [-0.4, -0.2) is 5.78 Å². The van der Waals surface area contributed by atoms with E-state index in [9.17, 15) is 4.79 Å². The van der Waals surface area contributed by atoms with Gasteiger partial charge in [0, 0.05) is 5.56 Å². The molecule has 0 spiro atoms. The normalized spacial score (nSPS) is 10.8. The Morgan fingerprint density at radius 1 is 0.944 bits per heavy atom. The summed E-state index contributed by atoms with van der Waals surface area (Å²) >= 11 is 0. The van der Waals surface area contributed by atoms with Crippen LogP contribution in [0.3, 0.4) is 0 Å². The fourth-order valence-electron chi connectivity index (χ4n) is 1.84. The fourth-order valence-corrected chi connectivity index (χ4v) is 1.84. The number of rotatable bonds is 3. The first-order valence-corrected chi connectivity index (χ1v) is 6.02. The molecular weight excluding hydrogens is 220 g/mol. The van der Waals surface area contributed by atoms with Crippen LogP contribution in [0.5, 0.6) is 0 Å². The Kier molecular flexibility index (Phi) is 3.73. The van der Waals surface area contributed by atoms with Gasteiger partial charge in [-0.15, -0.1) is 0 Å². The largest absolute Gasteiger partial charge is 0.289 e. The van der Waals surface area contributed by atoms with Crippen LogP contribution in [0.1, 0.15) is 27.0 Å². The quantitative estimate of drug-likeness (QED) is 0.576. The number of hydrogen-bond donors (Lipinski definition) is 0. The average Bonchev–Trinajstić information content (AvgIpc) is 2.40. The first kappa shape index (κ1) is 12.3. The maximum atomic E-state index is 12.1. The van der Waals surface area contributed by atoms with Crippen molar-refractivity contribution in [2.45, 2.75) is 13.8 Å². The molecule has 0 saturated carbocycles. The molecule has 1 heteroatoms. The fraction of sp³-hybridized carbons (Fsp3) is 0.118. The van der Waals surface area contributed by atoms with Crippen molar-refractivity contribution < 1.29 is 4.79 Å². The molecule has 0 atom stereocenters. The predicted molar refractivity (Wildman–Crippen MR) is 75.7 cm³/mol. The third-order valence-electron chi connectivity index (χ3n) is 3.10. The Hall–Kier alpha value is -2.15. The number of hydrogen-bond acceptors (Lipinski definition) is 1. The molecule has 2 rings (SSSR count). The number of aryl methyl sites for hydroxylation is 1. The second-order valence-electron chi connectivity index (χ2n) is 4.36. The third-order valence-corrected chi connectivity index (χ3v) is 3.10. The van der Waals surface area contributed by atoms with Gasteiger partial charge in [0.1, 0.15) is 0 Å². The number of benzene rings is 2. The lowest BCUT2D eigenvalue weighted by Crippen LogP contribution is -1.99. The zero-order valence-electron chi connectivity index (χ0n) is 10.7. The van der Waals surface area contributed by atoms with Gasteiger partial charge in [0.2, 0.25) is 0 Å². The number of carbonyl (C=O) groups is 1. The van der Waals surface area contributed by atoms with Crippen molar-refractivity contribution in [1.82, 2.24) is 0 Å². The lowest BCUT2D eigenvalue weighted by molar-refractivity contribution is 0.104. The van der Waals surface area contributed by atoms with E-state index in [1.807, 2.05) is 68.5 Å². The first-order chi connectivity index (χ1) is 8.68. The van der Waals surface area contributed by atoms with Crippen LogP contribution in [-0.2, 0) is 0 Å². The van der Waals surface area contributed by atoms with E-state index < -0.39 is 0 Å². The molecule has 1 nitrogen and oxygen atoms in total. The summed E-state index contributed by atoms with van der Waals surface area (Å²) in [6.07, 6.45) is 3.49. The van der Waals surface area contributed by atoms with Crippen LogP contribution in [0, 0.1) is 13.8 Å².